The van der Waals surface area contributed by atoms with E-state index in [1.54, 1.807) is 6.21 Å². The third kappa shape index (κ3) is 4.14. The van der Waals surface area contributed by atoms with Gasteiger partial charge in [-0.15, -0.1) is 0 Å². The molecule has 0 fully saturated rings. The third-order valence-electron chi connectivity index (χ3n) is 4.41. The van der Waals surface area contributed by atoms with E-state index >= 15 is 0 Å². The van der Waals surface area contributed by atoms with Crippen molar-refractivity contribution >= 4 is 12.1 Å². The quantitative estimate of drug-likeness (QED) is 0.534. The number of nitrogens with one attached hydrogen (secondary N) is 1. The summed E-state index contributed by atoms with van der Waals surface area (Å²) in [5.41, 5.74) is 9.41. The molecule has 27 heavy (non-hydrogen) atoms. The number of amides is 1. The van der Waals surface area contributed by atoms with Crippen molar-refractivity contribution in [2.24, 2.45) is 5.10 Å². The zero-order valence-corrected chi connectivity index (χ0v) is 15.9. The van der Waals surface area contributed by atoms with E-state index in [4.69, 9.17) is 0 Å². The van der Waals surface area contributed by atoms with Gasteiger partial charge in [0.05, 0.1) is 6.21 Å². The summed E-state index contributed by atoms with van der Waals surface area (Å²) < 4.78 is 15.1. The largest absolute Gasteiger partial charge is 0.318 e. The van der Waals surface area contributed by atoms with E-state index in [2.05, 4.69) is 47.1 Å². The van der Waals surface area contributed by atoms with Crippen molar-refractivity contribution in [2.45, 2.75) is 27.7 Å². The van der Waals surface area contributed by atoms with E-state index in [1.165, 1.54) is 35.4 Å². The SMILES string of the molecule is Cc1cc(C)cc(-n2c(C)cc(/C=N/NC(=O)c3ccc(F)cc3)c2C)c1. The average Bonchev–Trinajstić information content (AvgIpc) is 2.88. The zero-order chi connectivity index (χ0) is 19.6. The first-order chi connectivity index (χ1) is 12.8. The van der Waals surface area contributed by atoms with Crippen molar-refractivity contribution in [1.82, 2.24) is 9.99 Å². The summed E-state index contributed by atoms with van der Waals surface area (Å²) in [7, 11) is 0. The Morgan fingerprint density at radius 2 is 1.63 bits per heavy atom. The summed E-state index contributed by atoms with van der Waals surface area (Å²) >= 11 is 0. The Labute approximate surface area is 158 Å². The molecule has 1 heterocycles. The predicted molar refractivity (Wildman–Crippen MR) is 106 cm³/mol. The smallest absolute Gasteiger partial charge is 0.271 e. The summed E-state index contributed by atoms with van der Waals surface area (Å²) in [5.74, 6) is -0.761. The summed E-state index contributed by atoms with van der Waals surface area (Å²) in [6.07, 6.45) is 1.63. The van der Waals surface area contributed by atoms with Gasteiger partial charge in [-0.2, -0.15) is 5.10 Å². The van der Waals surface area contributed by atoms with Gasteiger partial charge in [-0.3, -0.25) is 4.79 Å². The number of halogens is 1. The molecule has 0 bridgehead atoms. The standard InChI is InChI=1S/C22H22FN3O/c1-14-9-15(2)11-21(10-14)26-16(3)12-19(17(26)4)13-24-25-22(27)18-5-7-20(23)8-6-18/h5-13H,1-4H3,(H,25,27)/b24-13+. The lowest BCUT2D eigenvalue weighted by Gasteiger charge is -2.11. The second kappa shape index (κ2) is 7.58. The minimum absolute atomic E-state index is 0.356. The molecule has 0 saturated heterocycles. The lowest BCUT2D eigenvalue weighted by molar-refractivity contribution is 0.0955. The van der Waals surface area contributed by atoms with Gasteiger partial charge in [0.1, 0.15) is 5.82 Å². The van der Waals surface area contributed by atoms with Crippen molar-refractivity contribution in [3.05, 3.63) is 88.0 Å². The highest BCUT2D eigenvalue weighted by molar-refractivity contribution is 5.95. The number of hydrogen-bond donors (Lipinski definition) is 1. The number of aryl methyl sites for hydroxylation is 3. The predicted octanol–water partition coefficient (Wildman–Crippen LogP) is 4.61. The highest BCUT2D eigenvalue weighted by Crippen LogP contribution is 2.21. The summed E-state index contributed by atoms with van der Waals surface area (Å²) in [6.45, 7) is 8.23. The molecule has 1 aromatic heterocycles. The molecular weight excluding hydrogens is 341 g/mol. The second-order valence-corrected chi connectivity index (χ2v) is 6.71. The van der Waals surface area contributed by atoms with E-state index in [9.17, 15) is 9.18 Å². The molecule has 2 aromatic carbocycles. The lowest BCUT2D eigenvalue weighted by Crippen LogP contribution is -2.17. The molecule has 3 rings (SSSR count). The van der Waals surface area contributed by atoms with Crippen LogP contribution in [0.4, 0.5) is 4.39 Å². The third-order valence-corrected chi connectivity index (χ3v) is 4.41. The van der Waals surface area contributed by atoms with Crippen molar-refractivity contribution in [2.75, 3.05) is 0 Å². The van der Waals surface area contributed by atoms with Gasteiger partial charge < -0.3 is 4.57 Å². The maximum Gasteiger partial charge on any atom is 0.271 e. The summed E-state index contributed by atoms with van der Waals surface area (Å²) in [4.78, 5) is 12.0. The van der Waals surface area contributed by atoms with Gasteiger partial charge in [-0.25, -0.2) is 9.82 Å². The van der Waals surface area contributed by atoms with Gasteiger partial charge in [0, 0.05) is 28.2 Å². The fraction of sp³-hybridized carbons (Fsp3) is 0.182. The highest BCUT2D eigenvalue weighted by Gasteiger charge is 2.10. The normalized spacial score (nSPS) is 11.1. The Kier molecular flexibility index (Phi) is 5.21. The van der Waals surface area contributed by atoms with E-state index < -0.39 is 0 Å². The number of carbonyl (C=O) groups excluding carboxylic acids is 1. The van der Waals surface area contributed by atoms with Gasteiger partial charge in [0.2, 0.25) is 0 Å². The fourth-order valence-electron chi connectivity index (χ4n) is 3.22. The minimum atomic E-state index is -0.381. The molecule has 0 aliphatic heterocycles. The van der Waals surface area contributed by atoms with Crippen molar-refractivity contribution in [3.8, 4) is 5.69 Å². The van der Waals surface area contributed by atoms with Crippen molar-refractivity contribution < 1.29 is 9.18 Å². The van der Waals surface area contributed by atoms with E-state index in [0.29, 0.717) is 5.56 Å². The summed E-state index contributed by atoms with van der Waals surface area (Å²) in [5, 5.41) is 4.05. The van der Waals surface area contributed by atoms with E-state index in [1.807, 2.05) is 19.9 Å². The highest BCUT2D eigenvalue weighted by atomic mass is 19.1. The van der Waals surface area contributed by atoms with Crippen LogP contribution in [0.25, 0.3) is 5.69 Å². The zero-order valence-electron chi connectivity index (χ0n) is 15.9. The Bertz CT molecular complexity index is 997. The van der Waals surface area contributed by atoms with Crippen LogP contribution in [0.1, 0.15) is 38.4 Å². The molecule has 0 aliphatic carbocycles. The first kappa shape index (κ1) is 18.6. The number of carbonyl (C=O) groups is 1. The molecular formula is C22H22FN3O. The Balaban J connectivity index is 1.81. The monoisotopic (exact) mass is 363 g/mol. The molecule has 3 aromatic rings. The first-order valence-electron chi connectivity index (χ1n) is 8.72. The molecule has 0 aliphatic rings. The Morgan fingerprint density at radius 1 is 1.00 bits per heavy atom. The van der Waals surface area contributed by atoms with E-state index in [0.717, 1.165) is 22.6 Å². The van der Waals surface area contributed by atoms with Crippen LogP contribution >= 0.6 is 0 Å². The van der Waals surface area contributed by atoms with Crippen LogP contribution in [0.2, 0.25) is 0 Å². The van der Waals surface area contributed by atoms with Crippen LogP contribution in [-0.2, 0) is 0 Å². The van der Waals surface area contributed by atoms with Crippen LogP contribution in [0.5, 0.6) is 0 Å². The number of aromatic nitrogens is 1. The maximum atomic E-state index is 12.9. The lowest BCUT2D eigenvalue weighted by atomic mass is 10.1. The van der Waals surface area contributed by atoms with Gasteiger partial charge in [0.15, 0.2) is 0 Å². The van der Waals surface area contributed by atoms with Crippen LogP contribution in [0.15, 0.2) is 53.6 Å². The number of benzene rings is 2. The number of hydrogen-bond acceptors (Lipinski definition) is 2. The van der Waals surface area contributed by atoms with Gasteiger partial charge in [0.25, 0.3) is 5.91 Å². The average molecular weight is 363 g/mol. The van der Waals surface area contributed by atoms with Crippen LogP contribution in [0, 0.1) is 33.5 Å². The van der Waals surface area contributed by atoms with Crippen molar-refractivity contribution in [1.29, 1.82) is 0 Å². The van der Waals surface area contributed by atoms with Gasteiger partial charge >= 0.3 is 0 Å². The molecule has 1 N–H and O–H groups in total. The molecule has 0 spiro atoms. The minimum Gasteiger partial charge on any atom is -0.318 e. The van der Waals surface area contributed by atoms with Gasteiger partial charge in [-0.05, 0) is 81.3 Å². The molecule has 0 unspecified atom stereocenters. The topological polar surface area (TPSA) is 46.4 Å². The Morgan fingerprint density at radius 3 is 2.26 bits per heavy atom. The first-order valence-corrected chi connectivity index (χ1v) is 8.72. The van der Waals surface area contributed by atoms with Crippen LogP contribution in [0.3, 0.4) is 0 Å². The maximum absolute atomic E-state index is 12.9. The molecule has 0 atom stereocenters. The van der Waals surface area contributed by atoms with Crippen molar-refractivity contribution in [3.63, 3.8) is 0 Å². The Hall–Kier alpha value is -3.21. The number of hydrazone groups is 1. The molecule has 5 heteroatoms. The number of rotatable bonds is 4. The molecule has 1 amide bonds. The molecule has 0 saturated carbocycles. The molecule has 138 valence electrons. The van der Waals surface area contributed by atoms with Crippen LogP contribution in [-0.4, -0.2) is 16.7 Å². The number of nitrogens with zero attached hydrogens (tertiary/aromatic N) is 2. The van der Waals surface area contributed by atoms with Crippen LogP contribution < -0.4 is 5.43 Å². The van der Waals surface area contributed by atoms with E-state index in [-0.39, 0.29) is 11.7 Å². The molecule has 4 nitrogen and oxygen atoms in total. The van der Waals surface area contributed by atoms with Gasteiger partial charge in [-0.1, -0.05) is 6.07 Å². The summed E-state index contributed by atoms with van der Waals surface area (Å²) in [6, 6.07) is 13.8. The fourth-order valence-corrected chi connectivity index (χ4v) is 3.22. The molecule has 0 radical (unpaired) electrons. The second-order valence-electron chi connectivity index (χ2n) is 6.71.